The molecule has 0 aliphatic carbocycles. The molecular formula is C19H12N4. The maximum atomic E-state index is 8.81. The smallest absolute Gasteiger partial charge is 0.159 e. The highest BCUT2D eigenvalue weighted by Crippen LogP contribution is 2.16. The second kappa shape index (κ2) is 6.51. The molecule has 4 nitrogen and oxygen atoms in total. The monoisotopic (exact) mass is 296 g/mol. The first-order chi connectivity index (χ1) is 11.3. The maximum absolute atomic E-state index is 8.81. The average Bonchev–Trinajstić information content (AvgIpc) is 2.63. The van der Waals surface area contributed by atoms with Gasteiger partial charge in [0, 0.05) is 24.4 Å². The van der Waals surface area contributed by atoms with E-state index in [0.717, 1.165) is 23.1 Å². The minimum Gasteiger partial charge on any atom is -0.236 e. The lowest BCUT2D eigenvalue weighted by atomic mass is 10.1. The summed E-state index contributed by atoms with van der Waals surface area (Å²) >= 11 is 0. The van der Waals surface area contributed by atoms with Gasteiger partial charge >= 0.3 is 0 Å². The third kappa shape index (κ3) is 3.40. The normalized spacial score (nSPS) is 9.83. The number of hydrogen-bond donors (Lipinski definition) is 0. The first-order valence-corrected chi connectivity index (χ1v) is 7.09. The van der Waals surface area contributed by atoms with E-state index in [2.05, 4.69) is 22.1 Å². The SMILES string of the molecule is N#Cc1ccc(Cc2cnc(-c3ccc(C#N)cc3)nc2)cc1. The molecule has 1 heterocycles. The molecule has 0 radical (unpaired) electrons. The summed E-state index contributed by atoms with van der Waals surface area (Å²) in [4.78, 5) is 8.78. The zero-order valence-corrected chi connectivity index (χ0v) is 12.3. The Balaban J connectivity index is 1.76. The third-order valence-electron chi connectivity index (χ3n) is 3.47. The Hall–Kier alpha value is -3.50. The van der Waals surface area contributed by atoms with E-state index in [1.165, 1.54) is 0 Å². The second-order valence-electron chi connectivity index (χ2n) is 5.09. The Morgan fingerprint density at radius 2 is 1.22 bits per heavy atom. The summed E-state index contributed by atoms with van der Waals surface area (Å²) in [5.41, 5.74) is 4.27. The molecule has 0 saturated heterocycles. The van der Waals surface area contributed by atoms with Gasteiger partial charge < -0.3 is 0 Å². The fourth-order valence-corrected chi connectivity index (χ4v) is 2.22. The van der Waals surface area contributed by atoms with Gasteiger partial charge in [-0.2, -0.15) is 10.5 Å². The molecule has 0 fully saturated rings. The van der Waals surface area contributed by atoms with Gasteiger partial charge in [-0.05, 0) is 47.5 Å². The van der Waals surface area contributed by atoms with Crippen LogP contribution in [-0.4, -0.2) is 9.97 Å². The van der Waals surface area contributed by atoms with Gasteiger partial charge in [-0.3, -0.25) is 0 Å². The molecule has 4 heteroatoms. The lowest BCUT2D eigenvalue weighted by Crippen LogP contribution is -1.94. The van der Waals surface area contributed by atoms with Gasteiger partial charge in [0.2, 0.25) is 0 Å². The molecule has 0 amide bonds. The summed E-state index contributed by atoms with van der Waals surface area (Å²) in [7, 11) is 0. The number of benzene rings is 2. The van der Waals surface area contributed by atoms with Crippen LogP contribution >= 0.6 is 0 Å². The minimum atomic E-state index is 0.617. The van der Waals surface area contributed by atoms with E-state index in [9.17, 15) is 0 Å². The van der Waals surface area contributed by atoms with Crippen molar-refractivity contribution >= 4 is 0 Å². The lowest BCUT2D eigenvalue weighted by Gasteiger charge is -2.04. The number of aromatic nitrogens is 2. The molecule has 0 bridgehead atoms. The van der Waals surface area contributed by atoms with Crippen molar-refractivity contribution in [1.29, 1.82) is 10.5 Å². The molecule has 23 heavy (non-hydrogen) atoms. The van der Waals surface area contributed by atoms with E-state index < -0.39 is 0 Å². The first kappa shape index (κ1) is 14.4. The van der Waals surface area contributed by atoms with Crippen molar-refractivity contribution in [2.75, 3.05) is 0 Å². The third-order valence-corrected chi connectivity index (χ3v) is 3.47. The Morgan fingerprint density at radius 1 is 0.696 bits per heavy atom. The fourth-order valence-electron chi connectivity index (χ4n) is 2.22. The predicted molar refractivity (Wildman–Crippen MR) is 86.1 cm³/mol. The molecule has 1 aromatic heterocycles. The molecule has 0 atom stereocenters. The summed E-state index contributed by atoms with van der Waals surface area (Å²) in [5, 5.41) is 17.6. The number of hydrogen-bond acceptors (Lipinski definition) is 4. The van der Waals surface area contributed by atoms with Gasteiger partial charge in [-0.25, -0.2) is 9.97 Å². The quantitative estimate of drug-likeness (QED) is 0.741. The maximum Gasteiger partial charge on any atom is 0.159 e. The number of rotatable bonds is 3. The second-order valence-corrected chi connectivity index (χ2v) is 5.09. The highest BCUT2D eigenvalue weighted by atomic mass is 14.9. The molecule has 108 valence electrons. The Morgan fingerprint density at radius 3 is 1.74 bits per heavy atom. The van der Waals surface area contributed by atoms with Crippen molar-refractivity contribution in [2.45, 2.75) is 6.42 Å². The van der Waals surface area contributed by atoms with Crippen LogP contribution in [0.15, 0.2) is 60.9 Å². The van der Waals surface area contributed by atoms with Crippen LogP contribution in [-0.2, 0) is 6.42 Å². The fraction of sp³-hybridized carbons (Fsp3) is 0.0526. The molecule has 0 spiro atoms. The molecule has 0 saturated carbocycles. The summed E-state index contributed by atoms with van der Waals surface area (Å²) in [6.07, 6.45) is 4.33. The van der Waals surface area contributed by atoms with Crippen molar-refractivity contribution in [1.82, 2.24) is 9.97 Å². The van der Waals surface area contributed by atoms with Crippen LogP contribution in [0.5, 0.6) is 0 Å². The summed E-state index contributed by atoms with van der Waals surface area (Å²) < 4.78 is 0. The van der Waals surface area contributed by atoms with Gasteiger partial charge in [0.15, 0.2) is 5.82 Å². The van der Waals surface area contributed by atoms with Crippen LogP contribution < -0.4 is 0 Å². The summed E-state index contributed by atoms with van der Waals surface area (Å²) in [6, 6.07) is 18.9. The molecule has 3 aromatic rings. The molecule has 0 aliphatic heterocycles. The number of nitrogens with zero attached hydrogens (tertiary/aromatic N) is 4. The van der Waals surface area contributed by atoms with E-state index in [1.807, 2.05) is 24.3 Å². The van der Waals surface area contributed by atoms with Crippen molar-refractivity contribution in [3.8, 4) is 23.5 Å². The number of nitriles is 2. The lowest BCUT2D eigenvalue weighted by molar-refractivity contribution is 1.08. The summed E-state index contributed by atoms with van der Waals surface area (Å²) in [6.45, 7) is 0. The van der Waals surface area contributed by atoms with Crippen LogP contribution in [0.3, 0.4) is 0 Å². The van der Waals surface area contributed by atoms with Crippen molar-refractivity contribution in [2.24, 2.45) is 0 Å². The van der Waals surface area contributed by atoms with Crippen LogP contribution in [0.1, 0.15) is 22.3 Å². The van der Waals surface area contributed by atoms with Gasteiger partial charge in [-0.15, -0.1) is 0 Å². The summed E-state index contributed by atoms with van der Waals surface area (Å²) in [5.74, 6) is 0.637. The molecule has 0 unspecified atom stereocenters. The van der Waals surface area contributed by atoms with E-state index >= 15 is 0 Å². The van der Waals surface area contributed by atoms with Gasteiger partial charge in [0.05, 0.1) is 23.3 Å². The molecular weight excluding hydrogens is 284 g/mol. The Bertz CT molecular complexity index is 881. The van der Waals surface area contributed by atoms with Gasteiger partial charge in [0.1, 0.15) is 0 Å². The van der Waals surface area contributed by atoms with Crippen molar-refractivity contribution < 1.29 is 0 Å². The van der Waals surface area contributed by atoms with Crippen molar-refractivity contribution in [3.63, 3.8) is 0 Å². The van der Waals surface area contributed by atoms with E-state index in [-0.39, 0.29) is 0 Å². The zero-order chi connectivity index (χ0) is 16.1. The van der Waals surface area contributed by atoms with Crippen molar-refractivity contribution in [3.05, 3.63) is 83.2 Å². The van der Waals surface area contributed by atoms with E-state index in [1.54, 1.807) is 36.7 Å². The standard InChI is InChI=1S/C19H12N4/c20-10-15-3-1-14(2-4-15)9-17-12-22-19(23-13-17)18-7-5-16(11-21)6-8-18/h1-8,12-13H,9H2. The zero-order valence-electron chi connectivity index (χ0n) is 12.3. The predicted octanol–water partition coefficient (Wildman–Crippen LogP) is 3.48. The minimum absolute atomic E-state index is 0.617. The molecule has 0 aliphatic rings. The average molecular weight is 296 g/mol. The van der Waals surface area contributed by atoms with Crippen LogP contribution in [0.25, 0.3) is 11.4 Å². The highest BCUT2D eigenvalue weighted by Gasteiger charge is 2.03. The van der Waals surface area contributed by atoms with E-state index in [0.29, 0.717) is 17.0 Å². The first-order valence-electron chi connectivity index (χ1n) is 7.09. The molecule has 2 aromatic carbocycles. The van der Waals surface area contributed by atoms with Crippen LogP contribution in [0.4, 0.5) is 0 Å². The Labute approximate surface area is 134 Å². The largest absolute Gasteiger partial charge is 0.236 e. The Kier molecular flexibility index (Phi) is 4.09. The highest BCUT2D eigenvalue weighted by molar-refractivity contribution is 5.56. The molecule has 3 rings (SSSR count). The van der Waals surface area contributed by atoms with Crippen LogP contribution in [0.2, 0.25) is 0 Å². The van der Waals surface area contributed by atoms with Crippen LogP contribution in [0, 0.1) is 22.7 Å². The van der Waals surface area contributed by atoms with Gasteiger partial charge in [0.25, 0.3) is 0 Å². The molecule has 0 N–H and O–H groups in total. The van der Waals surface area contributed by atoms with Gasteiger partial charge in [-0.1, -0.05) is 12.1 Å². The topological polar surface area (TPSA) is 73.4 Å². The van der Waals surface area contributed by atoms with E-state index in [4.69, 9.17) is 10.5 Å².